The number of benzene rings is 2. The van der Waals surface area contributed by atoms with E-state index in [-0.39, 0.29) is 11.9 Å². The fourth-order valence-electron chi connectivity index (χ4n) is 1.85. The molecule has 3 heteroatoms. The molecule has 17 heavy (non-hydrogen) atoms. The molecule has 3 N–H and O–H groups in total. The molecule has 0 saturated heterocycles. The van der Waals surface area contributed by atoms with Gasteiger partial charge >= 0.3 is 0 Å². The minimum Gasteiger partial charge on any atom is -0.329 e. The van der Waals surface area contributed by atoms with E-state index in [0.29, 0.717) is 18.5 Å². The fourth-order valence-corrected chi connectivity index (χ4v) is 1.85. The van der Waals surface area contributed by atoms with Crippen molar-refractivity contribution < 1.29 is 4.39 Å². The molecule has 2 aromatic carbocycles. The van der Waals surface area contributed by atoms with Crippen molar-refractivity contribution in [3.05, 3.63) is 47.8 Å². The van der Waals surface area contributed by atoms with E-state index in [4.69, 9.17) is 5.73 Å². The monoisotopic (exact) mass is 232 g/mol. The predicted molar refractivity (Wildman–Crippen MR) is 69.3 cm³/mol. The molecule has 0 unspecified atom stereocenters. The average Bonchev–Trinajstić information content (AvgIpc) is 2.38. The van der Waals surface area contributed by atoms with Crippen molar-refractivity contribution in [3.63, 3.8) is 0 Å². The Morgan fingerprint density at radius 2 is 1.88 bits per heavy atom. The van der Waals surface area contributed by atoms with Gasteiger partial charge < -0.3 is 11.1 Å². The highest BCUT2D eigenvalue weighted by molar-refractivity contribution is 5.86. The molecule has 0 aliphatic heterocycles. The third kappa shape index (κ3) is 2.62. The van der Waals surface area contributed by atoms with E-state index in [0.717, 1.165) is 10.9 Å². The Bertz CT molecular complexity index is 511. The third-order valence-electron chi connectivity index (χ3n) is 2.96. The second-order valence-electron chi connectivity index (χ2n) is 4.27. The van der Waals surface area contributed by atoms with Crippen molar-refractivity contribution in [1.29, 1.82) is 0 Å². The number of fused-ring (bicyclic) bond motifs is 1. The van der Waals surface area contributed by atoms with Gasteiger partial charge in [0.25, 0.3) is 0 Å². The van der Waals surface area contributed by atoms with Crippen molar-refractivity contribution >= 4 is 10.8 Å². The smallest absolute Gasteiger partial charge is 0.131 e. The van der Waals surface area contributed by atoms with E-state index < -0.39 is 0 Å². The standard InChI is InChI=1S/C14H17FN2/c1-10(8-16)17-9-11-6-7-14(15)13-5-3-2-4-12(11)13/h2-7,10,17H,8-9,16H2,1H3/t10-/m0/s1. The van der Waals surface area contributed by atoms with E-state index in [2.05, 4.69) is 5.32 Å². The summed E-state index contributed by atoms with van der Waals surface area (Å²) in [5.41, 5.74) is 6.65. The van der Waals surface area contributed by atoms with Crippen LogP contribution in [0.5, 0.6) is 0 Å². The molecule has 0 fully saturated rings. The number of halogens is 1. The third-order valence-corrected chi connectivity index (χ3v) is 2.96. The van der Waals surface area contributed by atoms with Gasteiger partial charge in [0, 0.05) is 24.5 Å². The van der Waals surface area contributed by atoms with Gasteiger partial charge in [-0.2, -0.15) is 0 Å². The zero-order valence-corrected chi connectivity index (χ0v) is 9.91. The Labute approximate surface area is 101 Å². The van der Waals surface area contributed by atoms with Gasteiger partial charge in [0.05, 0.1) is 0 Å². The summed E-state index contributed by atoms with van der Waals surface area (Å²) >= 11 is 0. The normalized spacial score (nSPS) is 12.9. The quantitative estimate of drug-likeness (QED) is 0.849. The predicted octanol–water partition coefficient (Wildman–Crippen LogP) is 2.42. The number of nitrogens with one attached hydrogen (secondary N) is 1. The summed E-state index contributed by atoms with van der Waals surface area (Å²) in [6.45, 7) is 3.34. The van der Waals surface area contributed by atoms with Gasteiger partial charge in [0.1, 0.15) is 5.82 Å². The van der Waals surface area contributed by atoms with Crippen LogP contribution in [0.3, 0.4) is 0 Å². The Balaban J connectivity index is 2.32. The topological polar surface area (TPSA) is 38.0 Å². The summed E-state index contributed by atoms with van der Waals surface area (Å²) in [6.07, 6.45) is 0. The molecular weight excluding hydrogens is 215 g/mol. The molecule has 0 spiro atoms. The maximum Gasteiger partial charge on any atom is 0.131 e. The Kier molecular flexibility index (Phi) is 3.71. The lowest BCUT2D eigenvalue weighted by molar-refractivity contribution is 0.557. The van der Waals surface area contributed by atoms with Crippen LogP contribution in [-0.4, -0.2) is 12.6 Å². The van der Waals surface area contributed by atoms with E-state index in [9.17, 15) is 4.39 Å². The van der Waals surface area contributed by atoms with Gasteiger partial charge in [-0.1, -0.05) is 30.3 Å². The lowest BCUT2D eigenvalue weighted by atomic mass is 10.0. The minimum atomic E-state index is -0.170. The number of nitrogens with two attached hydrogens (primary N) is 1. The number of hydrogen-bond donors (Lipinski definition) is 2. The Hall–Kier alpha value is -1.45. The summed E-state index contributed by atoms with van der Waals surface area (Å²) < 4.78 is 13.6. The van der Waals surface area contributed by atoms with Gasteiger partial charge in [-0.25, -0.2) is 4.39 Å². The van der Waals surface area contributed by atoms with E-state index in [1.54, 1.807) is 6.07 Å². The zero-order chi connectivity index (χ0) is 12.3. The van der Waals surface area contributed by atoms with Gasteiger partial charge in [0.15, 0.2) is 0 Å². The first-order valence-electron chi connectivity index (χ1n) is 5.82. The van der Waals surface area contributed by atoms with E-state index >= 15 is 0 Å². The second kappa shape index (κ2) is 5.25. The molecule has 0 radical (unpaired) electrons. The molecule has 0 aliphatic rings. The lowest BCUT2D eigenvalue weighted by Crippen LogP contribution is -2.32. The number of hydrogen-bond acceptors (Lipinski definition) is 2. The molecule has 0 heterocycles. The number of rotatable bonds is 4. The highest BCUT2D eigenvalue weighted by atomic mass is 19.1. The highest BCUT2D eigenvalue weighted by Gasteiger charge is 2.06. The molecule has 0 aliphatic carbocycles. The summed E-state index contributed by atoms with van der Waals surface area (Å²) in [5, 5.41) is 4.95. The van der Waals surface area contributed by atoms with Crippen molar-refractivity contribution in [2.75, 3.05) is 6.54 Å². The maximum absolute atomic E-state index is 13.6. The molecule has 2 rings (SSSR count). The van der Waals surface area contributed by atoms with Crippen LogP contribution < -0.4 is 11.1 Å². The van der Waals surface area contributed by atoms with Crippen LogP contribution >= 0.6 is 0 Å². The van der Waals surface area contributed by atoms with Gasteiger partial charge in [-0.15, -0.1) is 0 Å². The Morgan fingerprint density at radius 1 is 1.18 bits per heavy atom. The lowest BCUT2D eigenvalue weighted by Gasteiger charge is -2.13. The molecule has 2 nitrogen and oxygen atoms in total. The Morgan fingerprint density at radius 3 is 2.59 bits per heavy atom. The molecule has 2 aromatic rings. The van der Waals surface area contributed by atoms with Crippen LogP contribution in [0.15, 0.2) is 36.4 Å². The first kappa shape index (κ1) is 12.0. The van der Waals surface area contributed by atoms with Gasteiger partial charge in [-0.05, 0) is 23.9 Å². The zero-order valence-electron chi connectivity index (χ0n) is 9.91. The molecule has 0 bridgehead atoms. The van der Waals surface area contributed by atoms with Gasteiger partial charge in [0.2, 0.25) is 0 Å². The van der Waals surface area contributed by atoms with Gasteiger partial charge in [-0.3, -0.25) is 0 Å². The molecular formula is C14H17FN2. The van der Waals surface area contributed by atoms with Crippen LogP contribution in [0.2, 0.25) is 0 Å². The van der Waals surface area contributed by atoms with E-state index in [1.807, 2.05) is 31.2 Å². The van der Waals surface area contributed by atoms with Crippen molar-refractivity contribution in [3.8, 4) is 0 Å². The largest absolute Gasteiger partial charge is 0.329 e. The molecule has 0 aromatic heterocycles. The SMILES string of the molecule is C[C@@H](CN)NCc1ccc(F)c2ccccc12. The summed E-state index contributed by atoms with van der Waals surface area (Å²) in [5.74, 6) is -0.170. The van der Waals surface area contributed by atoms with Crippen molar-refractivity contribution in [2.24, 2.45) is 5.73 Å². The van der Waals surface area contributed by atoms with Crippen LogP contribution in [-0.2, 0) is 6.54 Å². The fraction of sp³-hybridized carbons (Fsp3) is 0.286. The second-order valence-corrected chi connectivity index (χ2v) is 4.27. The van der Waals surface area contributed by atoms with Crippen molar-refractivity contribution in [1.82, 2.24) is 5.32 Å². The molecule has 1 atom stereocenters. The summed E-state index contributed by atoms with van der Waals surface area (Å²) in [7, 11) is 0. The van der Waals surface area contributed by atoms with E-state index in [1.165, 1.54) is 6.07 Å². The maximum atomic E-state index is 13.6. The average molecular weight is 232 g/mol. The summed E-state index contributed by atoms with van der Waals surface area (Å²) in [6, 6.07) is 11.1. The molecule has 0 amide bonds. The van der Waals surface area contributed by atoms with Crippen LogP contribution in [0, 0.1) is 5.82 Å². The molecule has 0 saturated carbocycles. The van der Waals surface area contributed by atoms with Crippen LogP contribution in [0.25, 0.3) is 10.8 Å². The first-order valence-corrected chi connectivity index (χ1v) is 5.82. The van der Waals surface area contributed by atoms with Crippen LogP contribution in [0.1, 0.15) is 12.5 Å². The minimum absolute atomic E-state index is 0.170. The highest BCUT2D eigenvalue weighted by Crippen LogP contribution is 2.21. The van der Waals surface area contributed by atoms with Crippen LogP contribution in [0.4, 0.5) is 4.39 Å². The molecule has 90 valence electrons. The summed E-state index contributed by atoms with van der Waals surface area (Å²) in [4.78, 5) is 0. The van der Waals surface area contributed by atoms with Crippen molar-refractivity contribution in [2.45, 2.75) is 19.5 Å². The first-order chi connectivity index (χ1) is 8.22.